The fourth-order valence-corrected chi connectivity index (χ4v) is 2.27. The molecule has 0 bridgehead atoms. The van der Waals surface area contributed by atoms with Crippen molar-refractivity contribution in [3.8, 4) is 5.75 Å². The average molecular weight is 236 g/mol. The molecule has 0 radical (unpaired) electrons. The van der Waals surface area contributed by atoms with Crippen LogP contribution >= 0.6 is 0 Å². The summed E-state index contributed by atoms with van der Waals surface area (Å²) in [7, 11) is 1.58. The van der Waals surface area contributed by atoms with Crippen LogP contribution in [0.25, 0.3) is 0 Å². The van der Waals surface area contributed by atoms with Crippen molar-refractivity contribution in [2.24, 2.45) is 5.92 Å². The number of rotatable bonds is 4. The molecule has 94 valence electrons. The molecule has 0 saturated carbocycles. The number of hydrogen-bond acceptors (Lipinski definition) is 2. The van der Waals surface area contributed by atoms with Crippen molar-refractivity contribution in [3.05, 3.63) is 28.8 Å². The number of hydrogen-bond donors (Lipinski definition) is 1. The second kappa shape index (κ2) is 5.21. The van der Waals surface area contributed by atoms with E-state index in [9.17, 15) is 9.90 Å². The molecule has 0 amide bonds. The molecule has 1 rings (SSSR count). The molecule has 0 aliphatic carbocycles. The fraction of sp³-hybridized carbons (Fsp3) is 0.500. The number of carboxylic acid groups (broad SMARTS) is 1. The molecule has 0 saturated heterocycles. The van der Waals surface area contributed by atoms with E-state index in [-0.39, 0.29) is 5.92 Å². The van der Waals surface area contributed by atoms with Crippen molar-refractivity contribution in [3.63, 3.8) is 0 Å². The molecule has 1 unspecified atom stereocenters. The normalized spacial score (nSPS) is 12.6. The van der Waals surface area contributed by atoms with E-state index in [1.165, 1.54) is 0 Å². The van der Waals surface area contributed by atoms with Gasteiger partial charge in [-0.3, -0.25) is 4.79 Å². The SMILES string of the molecule is COc1c(C)cc(C)cc1C(C(=O)O)C(C)C. The summed E-state index contributed by atoms with van der Waals surface area (Å²) in [6.07, 6.45) is 0. The minimum absolute atomic E-state index is 0.0302. The smallest absolute Gasteiger partial charge is 0.311 e. The van der Waals surface area contributed by atoms with Crippen LogP contribution in [0.5, 0.6) is 5.75 Å². The molecule has 0 aromatic heterocycles. The van der Waals surface area contributed by atoms with Crippen molar-refractivity contribution < 1.29 is 14.6 Å². The van der Waals surface area contributed by atoms with E-state index in [1.54, 1.807) is 7.11 Å². The Hall–Kier alpha value is -1.51. The topological polar surface area (TPSA) is 46.5 Å². The van der Waals surface area contributed by atoms with Crippen LogP contribution in [0.1, 0.15) is 36.5 Å². The number of methoxy groups -OCH3 is 1. The summed E-state index contributed by atoms with van der Waals surface area (Å²) < 4.78 is 5.35. The lowest BCUT2D eigenvalue weighted by molar-refractivity contribution is -0.139. The van der Waals surface area contributed by atoms with Crippen molar-refractivity contribution in [2.75, 3.05) is 7.11 Å². The quantitative estimate of drug-likeness (QED) is 0.873. The predicted octanol–water partition coefficient (Wildman–Crippen LogP) is 3.14. The van der Waals surface area contributed by atoms with Gasteiger partial charge in [0.2, 0.25) is 0 Å². The fourth-order valence-electron chi connectivity index (χ4n) is 2.27. The summed E-state index contributed by atoms with van der Waals surface area (Å²) in [5.74, 6) is -0.605. The number of carbonyl (C=O) groups is 1. The van der Waals surface area contributed by atoms with E-state index in [0.717, 1.165) is 16.7 Å². The molecular formula is C14H20O3. The molecule has 0 spiro atoms. The van der Waals surface area contributed by atoms with Gasteiger partial charge in [-0.1, -0.05) is 31.5 Å². The number of benzene rings is 1. The molecular weight excluding hydrogens is 216 g/mol. The monoisotopic (exact) mass is 236 g/mol. The van der Waals surface area contributed by atoms with Gasteiger partial charge in [0, 0.05) is 5.56 Å². The van der Waals surface area contributed by atoms with Crippen LogP contribution in [0, 0.1) is 19.8 Å². The number of carboxylic acids is 1. The first-order valence-corrected chi connectivity index (χ1v) is 5.76. The van der Waals surface area contributed by atoms with Crippen molar-refractivity contribution >= 4 is 5.97 Å². The van der Waals surface area contributed by atoms with Gasteiger partial charge in [-0.2, -0.15) is 0 Å². The van der Waals surface area contributed by atoms with Crippen LogP contribution in [0.15, 0.2) is 12.1 Å². The molecule has 0 aliphatic rings. The summed E-state index contributed by atoms with van der Waals surface area (Å²) in [4.78, 5) is 11.4. The van der Waals surface area contributed by atoms with Crippen molar-refractivity contribution in [2.45, 2.75) is 33.6 Å². The standard InChI is InChI=1S/C14H20O3/c1-8(2)12(14(15)16)11-7-9(3)6-10(4)13(11)17-5/h6-8,12H,1-5H3,(H,15,16). The largest absolute Gasteiger partial charge is 0.496 e. The van der Waals surface area contributed by atoms with Crippen molar-refractivity contribution in [1.82, 2.24) is 0 Å². The van der Waals surface area contributed by atoms with E-state index < -0.39 is 11.9 Å². The minimum atomic E-state index is -0.802. The first-order valence-electron chi connectivity index (χ1n) is 5.76. The Balaban J connectivity index is 3.41. The van der Waals surface area contributed by atoms with Gasteiger partial charge >= 0.3 is 5.97 Å². The maximum atomic E-state index is 11.4. The Bertz CT molecular complexity index is 422. The van der Waals surface area contributed by atoms with Crippen LogP contribution in [0.2, 0.25) is 0 Å². The number of ether oxygens (including phenoxy) is 1. The molecule has 0 fully saturated rings. The highest BCUT2D eigenvalue weighted by molar-refractivity contribution is 5.78. The summed E-state index contributed by atoms with van der Waals surface area (Å²) in [5, 5.41) is 9.34. The summed E-state index contributed by atoms with van der Waals surface area (Å²) in [5.41, 5.74) is 2.81. The van der Waals surface area contributed by atoms with Gasteiger partial charge in [0.15, 0.2) is 0 Å². The van der Waals surface area contributed by atoms with Gasteiger partial charge in [-0.15, -0.1) is 0 Å². The Morgan fingerprint density at radius 3 is 2.29 bits per heavy atom. The van der Waals surface area contributed by atoms with E-state index in [4.69, 9.17) is 4.74 Å². The molecule has 1 aromatic rings. The summed E-state index contributed by atoms with van der Waals surface area (Å²) in [6.45, 7) is 7.73. The molecule has 1 atom stereocenters. The van der Waals surface area contributed by atoms with E-state index >= 15 is 0 Å². The summed E-state index contributed by atoms with van der Waals surface area (Å²) >= 11 is 0. The zero-order valence-corrected chi connectivity index (χ0v) is 11.1. The maximum absolute atomic E-state index is 11.4. The molecule has 0 aliphatic heterocycles. The summed E-state index contributed by atoms with van der Waals surface area (Å²) in [6, 6.07) is 3.91. The molecule has 3 heteroatoms. The Morgan fingerprint density at radius 2 is 1.88 bits per heavy atom. The third-order valence-electron chi connectivity index (χ3n) is 2.92. The van der Waals surface area contributed by atoms with Crippen LogP contribution < -0.4 is 4.74 Å². The molecule has 0 heterocycles. The van der Waals surface area contributed by atoms with Crippen LogP contribution in [0.3, 0.4) is 0 Å². The average Bonchev–Trinajstić information content (AvgIpc) is 2.15. The molecule has 1 N–H and O–H groups in total. The second-order valence-electron chi connectivity index (χ2n) is 4.76. The predicted molar refractivity (Wildman–Crippen MR) is 67.7 cm³/mol. The minimum Gasteiger partial charge on any atom is -0.496 e. The van der Waals surface area contributed by atoms with Crippen LogP contribution in [0.4, 0.5) is 0 Å². The molecule has 1 aromatic carbocycles. The van der Waals surface area contributed by atoms with Gasteiger partial charge in [0.1, 0.15) is 5.75 Å². The van der Waals surface area contributed by atoms with Gasteiger partial charge < -0.3 is 9.84 Å². The zero-order valence-electron chi connectivity index (χ0n) is 11.1. The molecule has 17 heavy (non-hydrogen) atoms. The third kappa shape index (κ3) is 2.78. The first kappa shape index (κ1) is 13.6. The van der Waals surface area contributed by atoms with Crippen molar-refractivity contribution in [1.29, 1.82) is 0 Å². The van der Waals surface area contributed by atoms with Gasteiger partial charge in [0.25, 0.3) is 0 Å². The highest BCUT2D eigenvalue weighted by Crippen LogP contribution is 2.35. The Kier molecular flexibility index (Phi) is 4.16. The molecule has 3 nitrogen and oxygen atoms in total. The van der Waals surface area contributed by atoms with Gasteiger partial charge in [-0.25, -0.2) is 0 Å². The van der Waals surface area contributed by atoms with E-state index in [0.29, 0.717) is 5.75 Å². The van der Waals surface area contributed by atoms with Gasteiger partial charge in [-0.05, 0) is 25.3 Å². The highest BCUT2D eigenvalue weighted by Gasteiger charge is 2.27. The van der Waals surface area contributed by atoms with Crippen LogP contribution in [-0.2, 0) is 4.79 Å². The Morgan fingerprint density at radius 1 is 1.29 bits per heavy atom. The van der Waals surface area contributed by atoms with E-state index in [2.05, 4.69) is 0 Å². The number of aryl methyl sites for hydroxylation is 2. The maximum Gasteiger partial charge on any atom is 0.311 e. The van der Waals surface area contributed by atoms with E-state index in [1.807, 2.05) is 39.8 Å². The third-order valence-corrected chi connectivity index (χ3v) is 2.92. The lowest BCUT2D eigenvalue weighted by Gasteiger charge is -2.21. The zero-order chi connectivity index (χ0) is 13.2. The first-order chi connectivity index (χ1) is 7.88. The van der Waals surface area contributed by atoms with Crippen LogP contribution in [-0.4, -0.2) is 18.2 Å². The van der Waals surface area contributed by atoms with Gasteiger partial charge in [0.05, 0.1) is 13.0 Å². The Labute approximate surface area is 102 Å². The lowest BCUT2D eigenvalue weighted by atomic mass is 9.86. The second-order valence-corrected chi connectivity index (χ2v) is 4.76. The number of aliphatic carboxylic acids is 1. The highest BCUT2D eigenvalue weighted by atomic mass is 16.5. The lowest BCUT2D eigenvalue weighted by Crippen LogP contribution is -2.18.